The maximum atomic E-state index is 12.8. The molecule has 82 valence electrons. The topological polar surface area (TPSA) is 107 Å². The van der Waals surface area contributed by atoms with Gasteiger partial charge in [-0.15, -0.1) is 10.2 Å². The zero-order valence-electron chi connectivity index (χ0n) is 7.41. The summed E-state index contributed by atoms with van der Waals surface area (Å²) in [7, 11) is 0. The number of primary amides is 1. The van der Waals surface area contributed by atoms with E-state index < -0.39 is 30.5 Å². The molecule has 0 spiro atoms. The third kappa shape index (κ3) is 1.60. The number of aromatic amines is 1. The Hall–Kier alpha value is -1.80. The number of carbonyl (C=O) groups is 1. The fourth-order valence-electron chi connectivity index (χ4n) is 1.61. The van der Waals surface area contributed by atoms with E-state index in [-0.39, 0.29) is 5.82 Å². The normalized spacial score (nSPS) is 21.7. The maximum absolute atomic E-state index is 12.8. The Labute approximate surface area is 82.0 Å². The number of ether oxygens (including phenoxy) is 1. The molecule has 1 heterocycles. The van der Waals surface area contributed by atoms with Crippen LogP contribution in [0.4, 0.5) is 13.6 Å². The zero-order chi connectivity index (χ0) is 11.1. The number of carbonyl (C=O) groups excluding carboxylic acids is 1. The van der Waals surface area contributed by atoms with E-state index in [4.69, 9.17) is 5.73 Å². The molecule has 1 aromatic rings. The summed E-state index contributed by atoms with van der Waals surface area (Å²) in [4.78, 5) is 10.6. The number of nitrogens with zero attached hydrogens (tertiary/aromatic N) is 3. The Balaban J connectivity index is 2.23. The first-order valence-electron chi connectivity index (χ1n) is 4.04. The van der Waals surface area contributed by atoms with Crippen molar-refractivity contribution in [2.24, 2.45) is 5.73 Å². The number of nitrogens with one attached hydrogen (secondary N) is 1. The Bertz CT molecular complexity index is 371. The van der Waals surface area contributed by atoms with Crippen LogP contribution in [-0.2, 0) is 10.3 Å². The van der Waals surface area contributed by atoms with Gasteiger partial charge >= 0.3 is 6.09 Å². The summed E-state index contributed by atoms with van der Waals surface area (Å²) in [5.74, 6) is -2.98. The van der Waals surface area contributed by atoms with Gasteiger partial charge in [0, 0.05) is 0 Å². The summed E-state index contributed by atoms with van der Waals surface area (Å²) >= 11 is 0. The zero-order valence-corrected chi connectivity index (χ0v) is 7.41. The van der Waals surface area contributed by atoms with Gasteiger partial charge in [0.1, 0.15) is 0 Å². The number of hydrogen-bond donors (Lipinski definition) is 2. The van der Waals surface area contributed by atoms with E-state index in [2.05, 4.69) is 25.4 Å². The molecular formula is C6H7F2N5O2. The van der Waals surface area contributed by atoms with Crippen LogP contribution in [0.15, 0.2) is 0 Å². The highest BCUT2D eigenvalue weighted by atomic mass is 19.3. The van der Waals surface area contributed by atoms with Crippen molar-refractivity contribution in [3.63, 3.8) is 0 Å². The number of tetrazole rings is 1. The van der Waals surface area contributed by atoms with Crippen LogP contribution in [0.1, 0.15) is 18.7 Å². The standard InChI is InChI=1S/C6H7F2N5O2/c7-6(8)1-5(2-6,15-4(9)14)3-10-12-13-11-3/h1-2H2,(H2,9,14)(H,10,11,12,13). The van der Waals surface area contributed by atoms with Gasteiger partial charge < -0.3 is 10.5 Å². The van der Waals surface area contributed by atoms with Crippen molar-refractivity contribution >= 4 is 6.09 Å². The molecule has 1 fully saturated rings. The molecule has 7 nitrogen and oxygen atoms in total. The smallest absolute Gasteiger partial charge is 0.405 e. The first-order chi connectivity index (χ1) is 6.94. The van der Waals surface area contributed by atoms with E-state index in [0.717, 1.165) is 0 Å². The molecule has 1 aliphatic rings. The summed E-state index contributed by atoms with van der Waals surface area (Å²) < 4.78 is 30.1. The third-order valence-electron chi connectivity index (χ3n) is 2.14. The van der Waals surface area contributed by atoms with Crippen molar-refractivity contribution in [2.75, 3.05) is 0 Å². The molecule has 1 aromatic heterocycles. The number of hydrogen-bond acceptors (Lipinski definition) is 5. The highest BCUT2D eigenvalue weighted by Gasteiger charge is 2.62. The Morgan fingerprint density at radius 2 is 2.20 bits per heavy atom. The molecule has 0 saturated heterocycles. The van der Waals surface area contributed by atoms with E-state index >= 15 is 0 Å². The van der Waals surface area contributed by atoms with Crippen molar-refractivity contribution in [3.8, 4) is 0 Å². The van der Waals surface area contributed by atoms with Gasteiger partial charge in [0.25, 0.3) is 5.92 Å². The van der Waals surface area contributed by atoms with Gasteiger partial charge in [-0.3, -0.25) is 0 Å². The molecule has 0 atom stereocenters. The predicted octanol–water partition coefficient (Wildman–Crippen LogP) is -0.0806. The Kier molecular flexibility index (Phi) is 1.85. The highest BCUT2D eigenvalue weighted by Crippen LogP contribution is 2.52. The summed E-state index contributed by atoms with van der Waals surface area (Å²) in [6, 6.07) is 0. The number of amides is 1. The van der Waals surface area contributed by atoms with Gasteiger partial charge in [0.05, 0.1) is 12.8 Å². The van der Waals surface area contributed by atoms with Gasteiger partial charge in [-0.1, -0.05) is 5.21 Å². The van der Waals surface area contributed by atoms with Crippen molar-refractivity contribution in [2.45, 2.75) is 24.4 Å². The number of rotatable bonds is 2. The number of alkyl halides is 2. The van der Waals surface area contributed by atoms with Crippen LogP contribution < -0.4 is 5.73 Å². The molecule has 0 aliphatic heterocycles. The average molecular weight is 219 g/mol. The molecule has 9 heteroatoms. The Morgan fingerprint density at radius 3 is 2.60 bits per heavy atom. The van der Waals surface area contributed by atoms with Crippen molar-refractivity contribution < 1.29 is 18.3 Å². The number of halogens is 2. The molecular weight excluding hydrogens is 212 g/mol. The quantitative estimate of drug-likeness (QED) is 0.723. The van der Waals surface area contributed by atoms with Crippen LogP contribution in [0.2, 0.25) is 0 Å². The van der Waals surface area contributed by atoms with Crippen LogP contribution in [0.5, 0.6) is 0 Å². The van der Waals surface area contributed by atoms with E-state index in [9.17, 15) is 13.6 Å². The van der Waals surface area contributed by atoms with Gasteiger partial charge in [0.15, 0.2) is 5.60 Å². The second-order valence-corrected chi connectivity index (χ2v) is 3.36. The minimum Gasteiger partial charge on any atom is -0.434 e. The van der Waals surface area contributed by atoms with Crippen LogP contribution in [-0.4, -0.2) is 32.6 Å². The molecule has 3 N–H and O–H groups in total. The number of H-pyrrole nitrogens is 1. The van der Waals surface area contributed by atoms with Gasteiger partial charge in [0.2, 0.25) is 5.82 Å². The molecule has 0 bridgehead atoms. The van der Waals surface area contributed by atoms with Crippen LogP contribution in [0, 0.1) is 0 Å². The summed E-state index contributed by atoms with van der Waals surface area (Å²) in [5, 5.41) is 12.3. The first kappa shape index (κ1) is 9.74. The third-order valence-corrected chi connectivity index (χ3v) is 2.14. The second kappa shape index (κ2) is 2.84. The van der Waals surface area contributed by atoms with Crippen LogP contribution in [0.25, 0.3) is 0 Å². The fraction of sp³-hybridized carbons (Fsp3) is 0.667. The molecule has 0 unspecified atom stereocenters. The maximum Gasteiger partial charge on any atom is 0.405 e. The lowest BCUT2D eigenvalue weighted by Gasteiger charge is -2.43. The minimum absolute atomic E-state index is 0.0905. The van der Waals surface area contributed by atoms with Gasteiger partial charge in [-0.05, 0) is 0 Å². The van der Waals surface area contributed by atoms with Crippen molar-refractivity contribution in [3.05, 3.63) is 5.82 Å². The number of nitrogens with two attached hydrogens (primary N) is 1. The first-order valence-corrected chi connectivity index (χ1v) is 4.04. The molecule has 15 heavy (non-hydrogen) atoms. The number of aromatic nitrogens is 4. The highest BCUT2D eigenvalue weighted by molar-refractivity contribution is 5.65. The minimum atomic E-state index is -2.89. The molecule has 2 rings (SSSR count). The lowest BCUT2D eigenvalue weighted by Crippen LogP contribution is -2.53. The van der Waals surface area contributed by atoms with E-state index in [1.165, 1.54) is 0 Å². The second-order valence-electron chi connectivity index (χ2n) is 3.36. The summed E-state index contributed by atoms with van der Waals surface area (Å²) in [5.41, 5.74) is 3.25. The molecule has 1 amide bonds. The lowest BCUT2D eigenvalue weighted by atomic mass is 9.76. The Morgan fingerprint density at radius 1 is 1.53 bits per heavy atom. The van der Waals surface area contributed by atoms with E-state index in [1.807, 2.05) is 0 Å². The largest absolute Gasteiger partial charge is 0.434 e. The van der Waals surface area contributed by atoms with E-state index in [0.29, 0.717) is 0 Å². The molecule has 0 aromatic carbocycles. The van der Waals surface area contributed by atoms with Gasteiger partial charge in [-0.2, -0.15) is 5.21 Å². The lowest BCUT2D eigenvalue weighted by molar-refractivity contribution is -0.212. The van der Waals surface area contributed by atoms with Crippen LogP contribution in [0.3, 0.4) is 0 Å². The van der Waals surface area contributed by atoms with Crippen LogP contribution >= 0.6 is 0 Å². The molecule has 0 radical (unpaired) electrons. The molecule has 1 aliphatic carbocycles. The van der Waals surface area contributed by atoms with Crippen molar-refractivity contribution in [1.82, 2.24) is 20.6 Å². The fourth-order valence-corrected chi connectivity index (χ4v) is 1.61. The van der Waals surface area contributed by atoms with E-state index in [1.54, 1.807) is 0 Å². The average Bonchev–Trinajstić information content (AvgIpc) is 2.49. The van der Waals surface area contributed by atoms with Crippen molar-refractivity contribution in [1.29, 1.82) is 0 Å². The summed E-state index contributed by atoms with van der Waals surface area (Å²) in [6.07, 6.45) is -2.50. The monoisotopic (exact) mass is 219 g/mol. The van der Waals surface area contributed by atoms with Gasteiger partial charge in [-0.25, -0.2) is 13.6 Å². The molecule has 1 saturated carbocycles. The summed E-state index contributed by atoms with van der Waals surface area (Å²) in [6.45, 7) is 0. The SMILES string of the molecule is NC(=O)OC1(c2nn[nH]n2)CC(F)(F)C1. The predicted molar refractivity (Wildman–Crippen MR) is 40.7 cm³/mol.